The van der Waals surface area contributed by atoms with E-state index in [1.807, 2.05) is 19.2 Å². The van der Waals surface area contributed by atoms with Crippen molar-refractivity contribution in [1.82, 2.24) is 15.5 Å². The first-order valence-corrected chi connectivity index (χ1v) is 9.82. The maximum atomic E-state index is 5.68. The first kappa shape index (κ1) is 23.2. The molecule has 0 saturated carbocycles. The van der Waals surface area contributed by atoms with E-state index in [0.717, 1.165) is 70.6 Å². The molecule has 3 rings (SSSR count). The predicted molar refractivity (Wildman–Crippen MR) is 122 cm³/mol. The van der Waals surface area contributed by atoms with Crippen molar-refractivity contribution in [1.29, 1.82) is 0 Å². The molecule has 0 radical (unpaired) electrons. The smallest absolute Gasteiger partial charge is 0.191 e. The molecule has 0 spiro atoms. The van der Waals surface area contributed by atoms with Gasteiger partial charge in [0.25, 0.3) is 0 Å². The van der Waals surface area contributed by atoms with Gasteiger partial charge < -0.3 is 24.8 Å². The summed E-state index contributed by atoms with van der Waals surface area (Å²) in [5.41, 5.74) is 1.26. The Labute approximate surface area is 185 Å². The van der Waals surface area contributed by atoms with Crippen molar-refractivity contribution in [3.05, 3.63) is 29.8 Å². The molecule has 8 heteroatoms. The third-order valence-corrected chi connectivity index (χ3v) is 5.19. The van der Waals surface area contributed by atoms with Crippen molar-refractivity contribution in [2.24, 2.45) is 4.99 Å². The molecule has 1 aromatic rings. The minimum absolute atomic E-state index is 0. The molecule has 158 valence electrons. The van der Waals surface area contributed by atoms with E-state index in [9.17, 15) is 0 Å². The molecule has 2 aliphatic heterocycles. The van der Waals surface area contributed by atoms with Gasteiger partial charge in [0.05, 0.1) is 32.5 Å². The number of halogens is 1. The summed E-state index contributed by atoms with van der Waals surface area (Å²) in [6.45, 7) is 5.86. The number of methoxy groups -OCH3 is 1. The number of benzene rings is 1. The van der Waals surface area contributed by atoms with E-state index in [2.05, 4.69) is 32.7 Å². The molecule has 2 unspecified atom stereocenters. The Kier molecular flexibility index (Phi) is 10.3. The molecule has 2 aliphatic rings. The van der Waals surface area contributed by atoms with Gasteiger partial charge in [-0.2, -0.15) is 0 Å². The highest BCUT2D eigenvalue weighted by atomic mass is 127. The van der Waals surface area contributed by atoms with Gasteiger partial charge in [-0.05, 0) is 30.5 Å². The van der Waals surface area contributed by atoms with Crippen molar-refractivity contribution in [3.63, 3.8) is 0 Å². The van der Waals surface area contributed by atoms with Gasteiger partial charge in [-0.15, -0.1) is 24.0 Å². The number of ether oxygens (including phenoxy) is 3. The molecule has 2 fully saturated rings. The summed E-state index contributed by atoms with van der Waals surface area (Å²) in [5.74, 6) is 1.69. The Balaban J connectivity index is 0.00000280. The minimum atomic E-state index is 0. The van der Waals surface area contributed by atoms with Gasteiger partial charge in [-0.3, -0.25) is 9.89 Å². The SMILES string of the molecule is CN=C(NCC1CCCO1)NCC(c1ccc(OC)cc1)N1CCOCC1.I. The highest BCUT2D eigenvalue weighted by molar-refractivity contribution is 14.0. The summed E-state index contributed by atoms with van der Waals surface area (Å²) in [6, 6.07) is 8.58. The van der Waals surface area contributed by atoms with Crippen molar-refractivity contribution >= 4 is 29.9 Å². The lowest BCUT2D eigenvalue weighted by atomic mass is 10.0. The van der Waals surface area contributed by atoms with E-state index >= 15 is 0 Å². The summed E-state index contributed by atoms with van der Waals surface area (Å²) in [6.07, 6.45) is 2.56. The van der Waals surface area contributed by atoms with Gasteiger partial charge in [0.15, 0.2) is 5.96 Å². The van der Waals surface area contributed by atoms with E-state index in [1.165, 1.54) is 5.56 Å². The van der Waals surface area contributed by atoms with Crippen LogP contribution in [0.5, 0.6) is 5.75 Å². The zero-order chi connectivity index (χ0) is 18.9. The Bertz CT molecular complexity index is 588. The van der Waals surface area contributed by atoms with Crippen LogP contribution in [0.3, 0.4) is 0 Å². The zero-order valence-electron chi connectivity index (χ0n) is 16.9. The van der Waals surface area contributed by atoms with Crippen LogP contribution in [0.25, 0.3) is 0 Å². The van der Waals surface area contributed by atoms with E-state index in [4.69, 9.17) is 14.2 Å². The molecule has 2 saturated heterocycles. The van der Waals surface area contributed by atoms with Crippen LogP contribution in [0, 0.1) is 0 Å². The fourth-order valence-corrected chi connectivity index (χ4v) is 3.60. The van der Waals surface area contributed by atoms with Gasteiger partial charge in [0, 0.05) is 39.8 Å². The number of morpholine rings is 1. The molecule has 0 aromatic heterocycles. The van der Waals surface area contributed by atoms with E-state index in [-0.39, 0.29) is 30.0 Å². The van der Waals surface area contributed by atoms with Crippen LogP contribution in [0.2, 0.25) is 0 Å². The molecule has 2 N–H and O–H groups in total. The van der Waals surface area contributed by atoms with Crippen LogP contribution >= 0.6 is 24.0 Å². The molecule has 0 amide bonds. The maximum Gasteiger partial charge on any atom is 0.191 e. The summed E-state index contributed by atoms with van der Waals surface area (Å²) in [4.78, 5) is 6.83. The summed E-state index contributed by atoms with van der Waals surface area (Å²) < 4.78 is 16.5. The van der Waals surface area contributed by atoms with Crippen LogP contribution in [0.1, 0.15) is 24.4 Å². The maximum absolute atomic E-state index is 5.68. The largest absolute Gasteiger partial charge is 0.497 e. The fraction of sp³-hybridized carbons (Fsp3) is 0.650. The first-order valence-electron chi connectivity index (χ1n) is 9.82. The number of nitrogens with one attached hydrogen (secondary N) is 2. The van der Waals surface area contributed by atoms with Gasteiger partial charge in [0.2, 0.25) is 0 Å². The zero-order valence-corrected chi connectivity index (χ0v) is 19.2. The normalized spacial score (nSPS) is 21.6. The summed E-state index contributed by atoms with van der Waals surface area (Å²) in [5, 5.41) is 6.88. The number of hydrogen-bond donors (Lipinski definition) is 2. The van der Waals surface area contributed by atoms with Crippen molar-refractivity contribution in [3.8, 4) is 5.75 Å². The standard InChI is InChI=1S/C20H32N4O3.HI/c1-21-20(22-14-18-4-3-11-27-18)23-15-19(24-9-12-26-13-10-24)16-5-7-17(25-2)8-6-16;/h5-8,18-19H,3-4,9-15H2,1-2H3,(H2,21,22,23);1H. The minimum Gasteiger partial charge on any atom is -0.497 e. The third kappa shape index (κ3) is 6.75. The topological polar surface area (TPSA) is 67.4 Å². The molecule has 0 aliphatic carbocycles. The lowest BCUT2D eigenvalue weighted by Gasteiger charge is -2.35. The molecule has 2 heterocycles. The Morgan fingerprint density at radius 3 is 2.57 bits per heavy atom. The molecular weight excluding hydrogens is 471 g/mol. The molecule has 28 heavy (non-hydrogen) atoms. The number of guanidine groups is 1. The summed E-state index contributed by atoms with van der Waals surface area (Å²) >= 11 is 0. The van der Waals surface area contributed by atoms with Crippen molar-refractivity contribution < 1.29 is 14.2 Å². The fourth-order valence-electron chi connectivity index (χ4n) is 3.60. The lowest BCUT2D eigenvalue weighted by Crippen LogP contribution is -2.47. The quantitative estimate of drug-likeness (QED) is 0.337. The Hall–Kier alpha value is -1.10. The second-order valence-electron chi connectivity index (χ2n) is 6.91. The Morgan fingerprint density at radius 2 is 1.96 bits per heavy atom. The van der Waals surface area contributed by atoms with Gasteiger partial charge in [0.1, 0.15) is 5.75 Å². The van der Waals surface area contributed by atoms with E-state index < -0.39 is 0 Å². The van der Waals surface area contributed by atoms with Crippen molar-refractivity contribution in [2.45, 2.75) is 25.0 Å². The molecular formula is C20H33IN4O3. The number of nitrogens with zero attached hydrogens (tertiary/aromatic N) is 2. The average Bonchev–Trinajstić information content (AvgIpc) is 3.25. The van der Waals surface area contributed by atoms with E-state index in [0.29, 0.717) is 6.10 Å². The number of aliphatic imine (C=N–C) groups is 1. The predicted octanol–water partition coefficient (Wildman–Crippen LogP) is 2.03. The van der Waals surface area contributed by atoms with Crippen LogP contribution in [-0.4, -0.2) is 77.1 Å². The Morgan fingerprint density at radius 1 is 1.21 bits per heavy atom. The molecule has 2 atom stereocenters. The van der Waals surface area contributed by atoms with Gasteiger partial charge in [-0.1, -0.05) is 12.1 Å². The lowest BCUT2D eigenvalue weighted by molar-refractivity contribution is 0.0169. The van der Waals surface area contributed by atoms with E-state index in [1.54, 1.807) is 7.11 Å². The molecule has 0 bridgehead atoms. The highest BCUT2D eigenvalue weighted by Gasteiger charge is 2.23. The summed E-state index contributed by atoms with van der Waals surface area (Å²) in [7, 11) is 3.50. The van der Waals surface area contributed by atoms with Crippen LogP contribution < -0.4 is 15.4 Å². The van der Waals surface area contributed by atoms with Crippen molar-refractivity contribution in [2.75, 3.05) is 60.2 Å². The average molecular weight is 504 g/mol. The van der Waals surface area contributed by atoms with Gasteiger partial charge >= 0.3 is 0 Å². The molecule has 1 aromatic carbocycles. The monoisotopic (exact) mass is 504 g/mol. The highest BCUT2D eigenvalue weighted by Crippen LogP contribution is 2.23. The van der Waals surface area contributed by atoms with Crippen LogP contribution in [0.4, 0.5) is 0 Å². The number of hydrogen-bond acceptors (Lipinski definition) is 5. The number of rotatable bonds is 7. The second kappa shape index (κ2) is 12.5. The van der Waals surface area contributed by atoms with Crippen LogP contribution in [-0.2, 0) is 9.47 Å². The first-order chi connectivity index (χ1) is 13.3. The second-order valence-corrected chi connectivity index (χ2v) is 6.91. The van der Waals surface area contributed by atoms with Crippen LogP contribution in [0.15, 0.2) is 29.3 Å². The van der Waals surface area contributed by atoms with Gasteiger partial charge in [-0.25, -0.2) is 0 Å². The molecule has 7 nitrogen and oxygen atoms in total. The third-order valence-electron chi connectivity index (χ3n) is 5.19.